The molecule has 0 saturated carbocycles. The molecule has 7 N–H and O–H groups in total. The minimum absolute atomic E-state index is 0.0436. The van der Waals surface area contributed by atoms with Gasteiger partial charge in [0.15, 0.2) is 0 Å². The van der Waals surface area contributed by atoms with Crippen LogP contribution in [0.25, 0.3) is 0 Å². The van der Waals surface area contributed by atoms with Gasteiger partial charge in [-0.25, -0.2) is 0 Å². The maximum atomic E-state index is 14.8. The molecule has 25 heteroatoms. The maximum Gasteiger partial charge on any atom is 0.248 e. The Kier molecular flexibility index (Phi) is 27.6. The Labute approximate surface area is 513 Å². The van der Waals surface area contributed by atoms with E-state index in [9.17, 15) is 62.6 Å². The zero-order chi connectivity index (χ0) is 65.3. The van der Waals surface area contributed by atoms with Crippen LogP contribution in [0.4, 0.5) is 0 Å². The summed E-state index contributed by atoms with van der Waals surface area (Å²) < 4.78 is 0. The predicted molar refractivity (Wildman–Crippen MR) is 325 cm³/mol. The first-order valence-corrected chi connectivity index (χ1v) is 30.9. The van der Waals surface area contributed by atoms with Crippen LogP contribution in [0, 0.1) is 23.7 Å². The molecule has 25 nitrogen and oxygen atoms in total. The van der Waals surface area contributed by atoms with Crippen LogP contribution in [0.1, 0.15) is 140 Å². The molecule has 0 spiro atoms. The molecule has 3 heterocycles. The van der Waals surface area contributed by atoms with E-state index >= 15 is 0 Å². The molecule has 3 aliphatic rings. The second-order valence-electron chi connectivity index (χ2n) is 25.6. The van der Waals surface area contributed by atoms with E-state index in [1.54, 1.807) is 49.1 Å². The van der Waals surface area contributed by atoms with E-state index in [4.69, 9.17) is 0 Å². The van der Waals surface area contributed by atoms with Crippen molar-refractivity contribution in [2.24, 2.45) is 23.7 Å². The van der Waals surface area contributed by atoms with Gasteiger partial charge in [-0.2, -0.15) is 0 Å². The van der Waals surface area contributed by atoms with Crippen molar-refractivity contribution < 1.29 is 62.6 Å². The molecular weight excluding hydrogens is 1120 g/mol. The molecule has 0 radical (unpaired) electrons. The Morgan fingerprint density at radius 1 is 0.552 bits per heavy atom. The monoisotopic (exact) mass is 1220 g/mol. The number of aliphatic hydroxyl groups excluding tert-OH is 1. The highest BCUT2D eigenvalue weighted by molar-refractivity contribution is 6.00. The van der Waals surface area contributed by atoms with Gasteiger partial charge in [0.2, 0.25) is 70.9 Å². The number of fused-ring (bicyclic) bond motifs is 1. The van der Waals surface area contributed by atoms with Crippen molar-refractivity contribution in [1.29, 1.82) is 0 Å². The molecule has 11 atom stereocenters. The Hall–Kier alpha value is -7.18. The summed E-state index contributed by atoms with van der Waals surface area (Å²) in [6.45, 7) is 18.8. The summed E-state index contributed by atoms with van der Waals surface area (Å²) in [6.07, 6.45) is 1.00. The smallest absolute Gasteiger partial charge is 0.248 e. The number of carbonyl (C=O) groups excluding carboxylic acids is 12. The van der Waals surface area contributed by atoms with Crippen LogP contribution in [-0.2, 0) is 64.0 Å². The third-order valence-corrected chi connectivity index (χ3v) is 16.4. The molecule has 4 rings (SSSR count). The van der Waals surface area contributed by atoms with Gasteiger partial charge in [0.05, 0.1) is 19.1 Å². The number of likely N-dealkylation sites (N-methyl/N-ethyl adjacent to an activating group) is 4. The maximum absolute atomic E-state index is 14.8. The quantitative estimate of drug-likeness (QED) is 0.161. The van der Waals surface area contributed by atoms with Gasteiger partial charge in [0.25, 0.3) is 0 Å². The number of amides is 12. The Morgan fingerprint density at radius 2 is 1.11 bits per heavy atom. The fourth-order valence-electron chi connectivity index (χ4n) is 11.4. The Balaban J connectivity index is 1.81. The summed E-state index contributed by atoms with van der Waals surface area (Å²) in [5.74, 6) is -9.61. The molecule has 0 unspecified atom stereocenters. The SMILES string of the molecule is CC(C)C[C@@H]1NC(=O)[C@H](C)N(C)C(=O)[C@H](C(C)C)N(C)C(=O)[C@H](Cc2ccccc2)NC(=O)CN(C)C(=O)[C@H]([C@@H](C)O)NC(=O)[C@@H]2CCCN2C(=O)[C@H](CC(C)C)NC(=O)[C@H](C)NC(=O)C[C@@H](C(=O)N2CCCCC2)NC(=O)[C@H](CC(C)C)N(C)C1=O. The molecule has 12 amide bonds. The minimum Gasteiger partial charge on any atom is -0.391 e. The first-order valence-electron chi connectivity index (χ1n) is 30.9. The lowest BCUT2D eigenvalue weighted by molar-refractivity contribution is -0.150. The van der Waals surface area contributed by atoms with Crippen molar-refractivity contribution in [2.75, 3.05) is 54.4 Å². The van der Waals surface area contributed by atoms with E-state index < -0.39 is 156 Å². The van der Waals surface area contributed by atoms with Crippen molar-refractivity contribution in [2.45, 2.75) is 207 Å². The third-order valence-electron chi connectivity index (χ3n) is 16.4. The number of piperidine rings is 1. The topological polar surface area (TPSA) is 317 Å². The fourth-order valence-corrected chi connectivity index (χ4v) is 11.4. The number of carbonyl (C=O) groups is 12. The van der Waals surface area contributed by atoms with E-state index in [-0.39, 0.29) is 56.4 Å². The molecule has 1 aromatic rings. The summed E-state index contributed by atoms with van der Waals surface area (Å²) in [5, 5.41) is 27.3. The van der Waals surface area contributed by atoms with Gasteiger partial charge in [-0.15, -0.1) is 0 Å². The molecule has 486 valence electrons. The van der Waals surface area contributed by atoms with Gasteiger partial charge in [0, 0.05) is 54.2 Å². The van der Waals surface area contributed by atoms with Gasteiger partial charge in [-0.3, -0.25) is 57.5 Å². The normalized spacial score (nSPS) is 27.4. The number of likely N-dealkylation sites (tertiary alicyclic amines) is 1. The average molecular weight is 1220 g/mol. The van der Waals surface area contributed by atoms with Crippen molar-refractivity contribution in [1.82, 2.24) is 61.3 Å². The molecule has 0 bridgehead atoms. The van der Waals surface area contributed by atoms with E-state index in [1.165, 1.54) is 68.6 Å². The molecule has 3 fully saturated rings. The van der Waals surface area contributed by atoms with Gasteiger partial charge in [-0.05, 0) is 101 Å². The summed E-state index contributed by atoms with van der Waals surface area (Å²) in [6, 6.07) is -4.03. The van der Waals surface area contributed by atoms with E-state index in [2.05, 4.69) is 31.9 Å². The molecule has 0 aliphatic carbocycles. The number of nitrogens with one attached hydrogen (secondary N) is 6. The van der Waals surface area contributed by atoms with Crippen LogP contribution in [-0.4, -0.2) is 226 Å². The van der Waals surface area contributed by atoms with Crippen LogP contribution in [0.2, 0.25) is 0 Å². The van der Waals surface area contributed by atoms with Gasteiger partial charge in [-0.1, -0.05) is 85.7 Å². The van der Waals surface area contributed by atoms with E-state index in [1.807, 2.05) is 41.5 Å². The van der Waals surface area contributed by atoms with Crippen molar-refractivity contribution >= 4 is 70.9 Å². The molecule has 3 saturated heterocycles. The van der Waals surface area contributed by atoms with Crippen molar-refractivity contribution in [3.8, 4) is 0 Å². The Bertz CT molecular complexity index is 2590. The minimum atomic E-state index is -1.61. The second-order valence-corrected chi connectivity index (χ2v) is 25.6. The summed E-state index contributed by atoms with van der Waals surface area (Å²) >= 11 is 0. The summed E-state index contributed by atoms with van der Waals surface area (Å²) in [7, 11) is 5.50. The first-order chi connectivity index (χ1) is 40.7. The molecule has 3 aliphatic heterocycles. The number of hydrogen-bond acceptors (Lipinski definition) is 13. The highest BCUT2D eigenvalue weighted by Gasteiger charge is 2.43. The van der Waals surface area contributed by atoms with Gasteiger partial charge >= 0.3 is 0 Å². The highest BCUT2D eigenvalue weighted by Crippen LogP contribution is 2.23. The van der Waals surface area contributed by atoms with Gasteiger partial charge < -0.3 is 66.4 Å². The van der Waals surface area contributed by atoms with E-state index in [0.29, 0.717) is 37.9 Å². The average Bonchev–Trinajstić information content (AvgIpc) is 4.11. The van der Waals surface area contributed by atoms with Crippen LogP contribution >= 0.6 is 0 Å². The lowest BCUT2D eigenvalue weighted by atomic mass is 9.97. The number of aliphatic hydroxyl groups is 1. The summed E-state index contributed by atoms with van der Waals surface area (Å²) in [5.41, 5.74) is 0.648. The van der Waals surface area contributed by atoms with Crippen molar-refractivity contribution in [3.63, 3.8) is 0 Å². The number of nitrogens with zero attached hydrogens (tertiary/aromatic N) is 6. The van der Waals surface area contributed by atoms with Crippen LogP contribution in [0.15, 0.2) is 30.3 Å². The lowest BCUT2D eigenvalue weighted by Gasteiger charge is -2.37. The van der Waals surface area contributed by atoms with Crippen LogP contribution < -0.4 is 31.9 Å². The molecule has 0 aromatic heterocycles. The lowest BCUT2D eigenvalue weighted by Crippen LogP contribution is -2.61. The third kappa shape index (κ3) is 20.4. The number of hydrogen-bond donors (Lipinski definition) is 7. The fraction of sp³-hybridized carbons (Fsp3) is 0.710. The van der Waals surface area contributed by atoms with Crippen molar-refractivity contribution in [3.05, 3.63) is 35.9 Å². The zero-order valence-electron chi connectivity index (χ0n) is 54.0. The molecule has 1 aromatic carbocycles. The molecule has 87 heavy (non-hydrogen) atoms. The summed E-state index contributed by atoms with van der Waals surface area (Å²) in [4.78, 5) is 180. The zero-order valence-corrected chi connectivity index (χ0v) is 54.0. The van der Waals surface area contributed by atoms with Crippen LogP contribution in [0.3, 0.4) is 0 Å². The highest BCUT2D eigenvalue weighted by atomic mass is 16.3. The Morgan fingerprint density at radius 3 is 1.68 bits per heavy atom. The van der Waals surface area contributed by atoms with E-state index in [0.717, 1.165) is 11.3 Å². The largest absolute Gasteiger partial charge is 0.391 e. The van der Waals surface area contributed by atoms with Crippen LogP contribution in [0.5, 0.6) is 0 Å². The predicted octanol–water partition coefficient (Wildman–Crippen LogP) is 0.699. The number of rotatable bonds is 11. The number of benzene rings is 1. The molecular formula is C62H100N12O13. The second kappa shape index (κ2) is 33.2. The standard InChI is InChI=1S/C62H100N12O13/c1-35(2)29-43-57(82)71(14)48(31-37(5)6)56(81)67-46(59(84)73-26-20-17-21-27-73)33-49(76)63-39(9)53(78)65-44(30-36(3)4)60(85)74-28-22-25-47(74)55(80)68-51(41(11)75)61(86)69(12)34-50(77)64-45(32-42-23-18-16-19-24-42)58(83)72(15)52(38(7)8)62(87)70(13)40(10)54(79)66-43/h16,18-19,23-24,35-41,43-48,51-52,75H,17,20-22,25-34H2,1-15H3,(H,63,76)(H,64,77)(H,65,78)(H,66,79)(H,67,81)(H,68,80)/t39-,40-,41+,43-,44-,45-,46-,47-,48-,51-,52-/m0/s1. The van der Waals surface area contributed by atoms with Gasteiger partial charge in [0.1, 0.15) is 60.4 Å². The first kappa shape index (κ1) is 72.3.